The van der Waals surface area contributed by atoms with Crippen molar-refractivity contribution in [2.75, 3.05) is 0 Å². The molecule has 0 aliphatic heterocycles. The van der Waals surface area contributed by atoms with Gasteiger partial charge < -0.3 is 11.5 Å². The van der Waals surface area contributed by atoms with Crippen molar-refractivity contribution in [3.63, 3.8) is 0 Å². The second kappa shape index (κ2) is 1.33. The van der Waals surface area contributed by atoms with Crippen LogP contribution in [0.25, 0.3) is 0 Å². The first-order valence-electron chi connectivity index (χ1n) is 1.78. The summed E-state index contributed by atoms with van der Waals surface area (Å²) in [7, 11) is 0. The Balaban J connectivity index is 0.000000250. The van der Waals surface area contributed by atoms with Crippen LogP contribution >= 0.6 is 0 Å². The van der Waals surface area contributed by atoms with Crippen LogP contribution in [0, 0.1) is 0 Å². The third-order valence-electron chi connectivity index (χ3n) is 0.827. The third kappa shape index (κ3) is 1.54. The zero-order chi connectivity index (χ0) is 3.91. The summed E-state index contributed by atoms with van der Waals surface area (Å²) >= 11 is 0. The summed E-state index contributed by atoms with van der Waals surface area (Å²) in [6.07, 6.45) is 2.01. The molecule has 1 aliphatic rings. The van der Waals surface area contributed by atoms with Crippen LogP contribution in [-0.4, -0.2) is 16.6 Å². The Kier molecular flexibility index (Phi) is 1.36. The molecule has 38 valence electrons. The van der Waals surface area contributed by atoms with Gasteiger partial charge in [-0.1, -0.05) is 0 Å². The van der Waals surface area contributed by atoms with Crippen LogP contribution in [0.4, 0.5) is 0 Å². The van der Waals surface area contributed by atoms with E-state index >= 15 is 0 Å². The lowest BCUT2D eigenvalue weighted by atomic mass is 10.6. The van der Waals surface area contributed by atoms with Crippen LogP contribution < -0.4 is 11.5 Å². The minimum atomic E-state index is -0.250. The second-order valence-corrected chi connectivity index (χ2v) is 1.73. The number of nitrogens with two attached hydrogens (primary N) is 2. The minimum absolute atomic E-state index is 0. The van der Waals surface area contributed by atoms with Crippen molar-refractivity contribution in [2.24, 2.45) is 11.5 Å². The van der Waals surface area contributed by atoms with E-state index in [0.717, 1.165) is 12.8 Å². The number of rotatable bonds is 0. The monoisotopic (exact) mass is 104 g/mol. The van der Waals surface area contributed by atoms with E-state index in [-0.39, 0.29) is 16.6 Å². The Morgan fingerprint density at radius 2 is 1.33 bits per heavy atom. The van der Waals surface area contributed by atoms with E-state index in [1.165, 1.54) is 0 Å². The molecule has 1 aliphatic carbocycles. The van der Waals surface area contributed by atoms with E-state index in [1.54, 1.807) is 0 Å². The van der Waals surface area contributed by atoms with Gasteiger partial charge in [-0.3, -0.25) is 0 Å². The van der Waals surface area contributed by atoms with E-state index < -0.39 is 0 Å². The zero-order valence-electron chi connectivity index (χ0n) is 3.07. The van der Waals surface area contributed by atoms with Gasteiger partial charge >= 0.3 is 0 Å². The van der Waals surface area contributed by atoms with E-state index in [9.17, 15) is 0 Å². The average molecular weight is 104 g/mol. The Bertz CT molecular complexity index is 46.8. The maximum atomic E-state index is 5.24. The summed E-state index contributed by atoms with van der Waals surface area (Å²) in [5.74, 6) is 0. The van der Waals surface area contributed by atoms with E-state index in [4.69, 9.17) is 11.5 Å². The SMILES string of the molecule is NC1(N)CC1.[SiH4]. The molecule has 0 saturated heterocycles. The molecule has 0 bridgehead atoms. The van der Waals surface area contributed by atoms with Crippen LogP contribution in [0.2, 0.25) is 0 Å². The van der Waals surface area contributed by atoms with E-state index in [1.807, 2.05) is 0 Å². The summed E-state index contributed by atoms with van der Waals surface area (Å²) in [5, 5.41) is 0. The van der Waals surface area contributed by atoms with Crippen LogP contribution in [0.1, 0.15) is 12.8 Å². The quantitative estimate of drug-likeness (QED) is 0.274. The Morgan fingerprint density at radius 1 is 1.17 bits per heavy atom. The van der Waals surface area contributed by atoms with Crippen LogP contribution in [-0.2, 0) is 0 Å². The molecule has 0 unspecified atom stereocenters. The Morgan fingerprint density at radius 3 is 1.33 bits per heavy atom. The summed E-state index contributed by atoms with van der Waals surface area (Å²) in [5.41, 5.74) is 10.2. The van der Waals surface area contributed by atoms with Gasteiger partial charge in [-0.25, -0.2) is 0 Å². The topological polar surface area (TPSA) is 52.0 Å². The van der Waals surface area contributed by atoms with Gasteiger partial charge in [0, 0.05) is 0 Å². The molecule has 2 nitrogen and oxygen atoms in total. The molecule has 0 radical (unpaired) electrons. The second-order valence-electron chi connectivity index (χ2n) is 1.73. The van der Waals surface area contributed by atoms with Gasteiger partial charge in [0.05, 0.1) is 5.66 Å². The molecule has 0 amide bonds. The molecule has 1 saturated carbocycles. The third-order valence-corrected chi connectivity index (χ3v) is 0.827. The highest BCUT2D eigenvalue weighted by atomic mass is 28.1. The smallest absolute Gasteiger partial charge is 0.0639 e. The van der Waals surface area contributed by atoms with Gasteiger partial charge in [-0.05, 0) is 23.8 Å². The first-order chi connectivity index (χ1) is 2.21. The zero-order valence-corrected chi connectivity index (χ0v) is 3.07. The molecular formula is C3H12N2Si. The maximum Gasteiger partial charge on any atom is 0.0639 e. The van der Waals surface area contributed by atoms with Crippen LogP contribution in [0.15, 0.2) is 0 Å². The van der Waals surface area contributed by atoms with E-state index in [0.29, 0.717) is 0 Å². The van der Waals surface area contributed by atoms with Crippen LogP contribution in [0.5, 0.6) is 0 Å². The van der Waals surface area contributed by atoms with Crippen LogP contribution in [0.3, 0.4) is 0 Å². The molecule has 0 aromatic carbocycles. The molecule has 0 aromatic rings. The Labute approximate surface area is 41.9 Å². The van der Waals surface area contributed by atoms with Gasteiger partial charge in [0.2, 0.25) is 0 Å². The lowest BCUT2D eigenvalue weighted by Gasteiger charge is -1.89. The first-order valence-corrected chi connectivity index (χ1v) is 1.78. The summed E-state index contributed by atoms with van der Waals surface area (Å²) in [6, 6.07) is 0. The molecule has 6 heavy (non-hydrogen) atoms. The molecule has 0 atom stereocenters. The first kappa shape index (κ1) is 6.14. The fourth-order valence-corrected chi connectivity index (χ4v) is 0.144. The lowest BCUT2D eigenvalue weighted by molar-refractivity contribution is 0.719. The average Bonchev–Trinajstić information content (AvgIpc) is 1.76. The molecule has 1 rings (SSSR count). The largest absolute Gasteiger partial charge is 0.313 e. The van der Waals surface area contributed by atoms with Crippen molar-refractivity contribution in [2.45, 2.75) is 18.5 Å². The fraction of sp³-hybridized carbons (Fsp3) is 1.00. The van der Waals surface area contributed by atoms with Gasteiger partial charge in [0.25, 0.3) is 0 Å². The lowest BCUT2D eigenvalue weighted by Crippen LogP contribution is -2.32. The highest BCUT2D eigenvalue weighted by molar-refractivity contribution is 5.75. The molecule has 1 fully saturated rings. The minimum Gasteiger partial charge on any atom is -0.313 e. The molecule has 0 heterocycles. The molecule has 0 spiro atoms. The highest BCUT2D eigenvalue weighted by Crippen LogP contribution is 2.24. The summed E-state index contributed by atoms with van der Waals surface area (Å²) in [6.45, 7) is 0. The van der Waals surface area contributed by atoms with Gasteiger partial charge in [-0.15, -0.1) is 0 Å². The number of hydrogen-bond acceptors (Lipinski definition) is 2. The molecule has 3 heteroatoms. The Hall–Kier alpha value is 0.137. The fourth-order valence-electron chi connectivity index (χ4n) is 0.144. The predicted molar refractivity (Wildman–Crippen MR) is 31.7 cm³/mol. The van der Waals surface area contributed by atoms with Crippen molar-refractivity contribution >= 4 is 11.0 Å². The summed E-state index contributed by atoms with van der Waals surface area (Å²) in [4.78, 5) is 0. The highest BCUT2D eigenvalue weighted by Gasteiger charge is 2.32. The normalized spacial score (nSPS) is 25.0. The molecular weight excluding hydrogens is 92.1 g/mol. The van der Waals surface area contributed by atoms with Gasteiger partial charge in [0.15, 0.2) is 0 Å². The summed E-state index contributed by atoms with van der Waals surface area (Å²) < 4.78 is 0. The van der Waals surface area contributed by atoms with Crippen molar-refractivity contribution in [1.82, 2.24) is 0 Å². The van der Waals surface area contributed by atoms with E-state index in [2.05, 4.69) is 0 Å². The predicted octanol–water partition coefficient (Wildman–Crippen LogP) is -2.06. The maximum absolute atomic E-state index is 5.24. The number of hydrogen-bond donors (Lipinski definition) is 2. The van der Waals surface area contributed by atoms with Crippen molar-refractivity contribution in [3.8, 4) is 0 Å². The molecule has 0 aromatic heterocycles. The van der Waals surface area contributed by atoms with Crippen molar-refractivity contribution < 1.29 is 0 Å². The van der Waals surface area contributed by atoms with Gasteiger partial charge in [0.1, 0.15) is 0 Å². The standard InChI is InChI=1S/C3H8N2.H4Si/c4-3(5)1-2-3;/h1-2,4-5H2;1H4. The van der Waals surface area contributed by atoms with Crippen molar-refractivity contribution in [1.29, 1.82) is 0 Å². The van der Waals surface area contributed by atoms with Gasteiger partial charge in [-0.2, -0.15) is 0 Å². The molecule has 4 N–H and O–H groups in total. The van der Waals surface area contributed by atoms with Crippen molar-refractivity contribution in [3.05, 3.63) is 0 Å².